The number of rotatable bonds is 5. The first-order valence-electron chi connectivity index (χ1n) is 12.8. The van der Waals surface area contributed by atoms with Gasteiger partial charge in [-0.15, -0.1) is 0 Å². The molecule has 0 spiro atoms. The Labute approximate surface area is 221 Å². The van der Waals surface area contributed by atoms with E-state index in [0.29, 0.717) is 16.1 Å². The first kappa shape index (κ1) is 25.2. The molecule has 192 valence electrons. The topological polar surface area (TPSA) is 94.1 Å². The predicted octanol–water partition coefficient (Wildman–Crippen LogP) is 5.24. The summed E-state index contributed by atoms with van der Waals surface area (Å²) in [5.41, 5.74) is 5.39. The van der Waals surface area contributed by atoms with E-state index in [0.717, 1.165) is 55.0 Å². The van der Waals surface area contributed by atoms with Crippen molar-refractivity contribution >= 4 is 45.7 Å². The van der Waals surface area contributed by atoms with E-state index in [4.69, 9.17) is 5.41 Å². The predicted molar refractivity (Wildman–Crippen MR) is 149 cm³/mol. The minimum atomic E-state index is -0.464. The van der Waals surface area contributed by atoms with Gasteiger partial charge in [0.05, 0.1) is 12.0 Å². The van der Waals surface area contributed by atoms with Gasteiger partial charge in [0.15, 0.2) is 5.84 Å². The van der Waals surface area contributed by atoms with Gasteiger partial charge in [0.25, 0.3) is 5.91 Å². The number of fused-ring (bicyclic) bond motifs is 1. The second kappa shape index (κ2) is 10.1. The van der Waals surface area contributed by atoms with Crippen molar-refractivity contribution in [2.75, 3.05) is 13.1 Å². The third-order valence-electron chi connectivity index (χ3n) is 7.10. The Morgan fingerprint density at radius 1 is 1.14 bits per heavy atom. The average Bonchev–Trinajstić information content (AvgIpc) is 3.41. The van der Waals surface area contributed by atoms with Crippen molar-refractivity contribution in [2.45, 2.75) is 59.3 Å². The summed E-state index contributed by atoms with van der Waals surface area (Å²) in [4.78, 5) is 31.7. The molecule has 0 radical (unpaired) electrons. The number of nitrogens with zero attached hydrogens (tertiary/aromatic N) is 5. The Morgan fingerprint density at radius 3 is 2.51 bits per heavy atom. The fourth-order valence-electron chi connectivity index (χ4n) is 4.98. The second-order valence-electron chi connectivity index (χ2n) is 10.0. The highest BCUT2D eigenvalue weighted by Gasteiger charge is 2.36. The number of hydrazone groups is 1. The zero-order valence-electron chi connectivity index (χ0n) is 21.7. The average molecular weight is 517 g/mol. The molecule has 3 aliphatic heterocycles. The minimum Gasteiger partial charge on any atom is -0.342 e. The summed E-state index contributed by atoms with van der Waals surface area (Å²) in [5.74, 6) is 0.0151. The number of amidine groups is 2. The maximum Gasteiger partial charge on any atom is 0.283 e. The van der Waals surface area contributed by atoms with Gasteiger partial charge in [0.1, 0.15) is 5.04 Å². The number of likely N-dealkylation sites (tertiary alicyclic amines) is 1. The number of piperidine rings is 1. The highest BCUT2D eigenvalue weighted by molar-refractivity contribution is 8.27. The minimum absolute atomic E-state index is 0.0194. The highest BCUT2D eigenvalue weighted by Crippen LogP contribution is 2.31. The Kier molecular flexibility index (Phi) is 6.90. The van der Waals surface area contributed by atoms with E-state index < -0.39 is 5.91 Å². The van der Waals surface area contributed by atoms with Crippen molar-refractivity contribution in [1.82, 2.24) is 14.5 Å². The van der Waals surface area contributed by atoms with Crippen LogP contribution in [0.5, 0.6) is 0 Å². The molecule has 1 fully saturated rings. The van der Waals surface area contributed by atoms with Crippen molar-refractivity contribution in [1.29, 1.82) is 5.41 Å². The standard InChI is InChI=1S/C28H32N6O2S/c1-17(2)20-8-10-22(11-9-20)33-18(3)14-21(19(33)4)15-23-26(29)34-28(30-27(23)36)37-24(31-34)16-25(35)32-12-6-5-7-13-32/h8-11,14-15,17,29H,5-7,12-13,16H2,1-4H3/b23-15-,29-26?. The lowest BCUT2D eigenvalue weighted by molar-refractivity contribution is -0.130. The SMILES string of the molecule is Cc1cc(/C=C2/C(=N)N3N=C(CC(=O)N4CCCCC4)SC3=NC2=O)c(C)n1-c1ccc(C(C)C)cc1. The summed E-state index contributed by atoms with van der Waals surface area (Å²) >= 11 is 1.20. The van der Waals surface area contributed by atoms with Crippen molar-refractivity contribution < 1.29 is 9.59 Å². The van der Waals surface area contributed by atoms with Gasteiger partial charge < -0.3 is 9.47 Å². The molecule has 1 aromatic heterocycles. The molecule has 4 heterocycles. The Hall–Kier alpha value is -3.46. The number of amides is 2. The molecule has 0 unspecified atom stereocenters. The number of hydrogen-bond donors (Lipinski definition) is 1. The molecule has 1 aromatic carbocycles. The molecule has 0 aliphatic carbocycles. The van der Waals surface area contributed by atoms with Crippen LogP contribution < -0.4 is 0 Å². The van der Waals surface area contributed by atoms with E-state index in [1.807, 2.05) is 24.8 Å². The Balaban J connectivity index is 1.38. The Morgan fingerprint density at radius 2 is 1.84 bits per heavy atom. The lowest BCUT2D eigenvalue weighted by Gasteiger charge is -2.26. The van der Waals surface area contributed by atoms with Crippen molar-refractivity contribution in [3.63, 3.8) is 0 Å². The lowest BCUT2D eigenvalue weighted by Crippen LogP contribution is -2.36. The van der Waals surface area contributed by atoms with Gasteiger partial charge in [-0.3, -0.25) is 15.0 Å². The van der Waals surface area contributed by atoms with Gasteiger partial charge in [-0.2, -0.15) is 15.1 Å². The van der Waals surface area contributed by atoms with Crippen LogP contribution in [-0.2, 0) is 9.59 Å². The van der Waals surface area contributed by atoms with Crippen LogP contribution in [0.4, 0.5) is 0 Å². The van der Waals surface area contributed by atoms with Gasteiger partial charge in [-0.1, -0.05) is 26.0 Å². The number of hydrogen-bond acceptors (Lipinski definition) is 5. The third kappa shape index (κ3) is 4.92. The maximum absolute atomic E-state index is 12.9. The number of aryl methyl sites for hydroxylation is 1. The fourth-order valence-corrected chi connectivity index (χ4v) is 5.86. The van der Waals surface area contributed by atoms with E-state index in [1.54, 1.807) is 6.08 Å². The number of benzene rings is 1. The summed E-state index contributed by atoms with van der Waals surface area (Å²) in [5, 5.41) is 15.5. The lowest BCUT2D eigenvalue weighted by atomic mass is 10.0. The van der Waals surface area contributed by atoms with Gasteiger partial charge in [0.2, 0.25) is 11.1 Å². The highest BCUT2D eigenvalue weighted by atomic mass is 32.2. The molecule has 9 heteroatoms. The molecule has 0 saturated carbocycles. The first-order valence-corrected chi connectivity index (χ1v) is 13.6. The maximum atomic E-state index is 12.9. The van der Waals surface area contributed by atoms with Crippen LogP contribution >= 0.6 is 11.8 Å². The molecule has 5 rings (SSSR count). The summed E-state index contributed by atoms with van der Waals surface area (Å²) in [6, 6.07) is 10.5. The second-order valence-corrected chi connectivity index (χ2v) is 11.1. The van der Waals surface area contributed by atoms with Crippen LogP contribution in [0.1, 0.15) is 68.0 Å². The molecule has 1 saturated heterocycles. The summed E-state index contributed by atoms with van der Waals surface area (Å²) in [6.07, 6.45) is 5.11. The van der Waals surface area contributed by atoms with Crippen molar-refractivity contribution in [2.24, 2.45) is 10.1 Å². The molecular formula is C28H32N6O2S. The van der Waals surface area contributed by atoms with Crippen LogP contribution in [0, 0.1) is 19.3 Å². The molecule has 8 nitrogen and oxygen atoms in total. The molecule has 37 heavy (non-hydrogen) atoms. The molecule has 0 bridgehead atoms. The summed E-state index contributed by atoms with van der Waals surface area (Å²) in [7, 11) is 0. The normalized spacial score (nSPS) is 19.0. The van der Waals surface area contributed by atoms with E-state index in [1.165, 1.54) is 22.3 Å². The van der Waals surface area contributed by atoms with Crippen LogP contribution in [0.15, 0.2) is 46.0 Å². The van der Waals surface area contributed by atoms with Gasteiger partial charge >= 0.3 is 0 Å². The third-order valence-corrected chi connectivity index (χ3v) is 8.00. The van der Waals surface area contributed by atoms with E-state index in [9.17, 15) is 9.59 Å². The van der Waals surface area contributed by atoms with Crippen molar-refractivity contribution in [3.8, 4) is 5.69 Å². The molecule has 1 N–H and O–H groups in total. The van der Waals surface area contributed by atoms with Crippen LogP contribution in [0.3, 0.4) is 0 Å². The number of aromatic nitrogens is 1. The van der Waals surface area contributed by atoms with Crippen LogP contribution in [0.2, 0.25) is 0 Å². The smallest absolute Gasteiger partial charge is 0.283 e. The number of thioether (sulfide) groups is 1. The molecule has 2 aromatic rings. The van der Waals surface area contributed by atoms with Gasteiger partial charge in [-0.25, -0.2) is 0 Å². The number of aliphatic imine (C=N–C) groups is 1. The molecular weight excluding hydrogens is 484 g/mol. The molecule has 3 aliphatic rings. The van der Waals surface area contributed by atoms with E-state index >= 15 is 0 Å². The molecule has 0 atom stereocenters. The van der Waals surface area contributed by atoms with E-state index in [2.05, 4.69) is 52.8 Å². The monoisotopic (exact) mass is 516 g/mol. The largest absolute Gasteiger partial charge is 0.342 e. The zero-order valence-corrected chi connectivity index (χ0v) is 22.6. The summed E-state index contributed by atoms with van der Waals surface area (Å²) in [6.45, 7) is 9.95. The van der Waals surface area contributed by atoms with E-state index in [-0.39, 0.29) is 23.7 Å². The zero-order chi connectivity index (χ0) is 26.3. The summed E-state index contributed by atoms with van der Waals surface area (Å²) < 4.78 is 2.15. The first-order chi connectivity index (χ1) is 17.7. The Bertz CT molecular complexity index is 1360. The molecule has 2 amide bonds. The van der Waals surface area contributed by atoms with Crippen LogP contribution in [0.25, 0.3) is 11.8 Å². The van der Waals surface area contributed by atoms with Crippen molar-refractivity contribution in [3.05, 3.63) is 58.4 Å². The van der Waals surface area contributed by atoms with Gasteiger partial charge in [0, 0.05) is 30.2 Å². The number of carbonyl (C=O) groups is 2. The van der Waals surface area contributed by atoms with Crippen LogP contribution in [-0.4, -0.2) is 55.4 Å². The number of nitrogens with one attached hydrogen (secondary N) is 1. The number of carbonyl (C=O) groups excluding carboxylic acids is 2. The fraction of sp³-hybridized carbons (Fsp3) is 0.393. The van der Waals surface area contributed by atoms with Gasteiger partial charge in [-0.05, 0) is 86.2 Å². The quantitative estimate of drug-likeness (QED) is 0.550.